The van der Waals surface area contributed by atoms with Crippen LogP contribution in [-0.2, 0) is 13.6 Å². The summed E-state index contributed by atoms with van der Waals surface area (Å²) in [5, 5.41) is 0. The molecule has 0 aliphatic carbocycles. The van der Waals surface area contributed by atoms with Crippen LogP contribution in [0.25, 0.3) is 22.6 Å². The lowest BCUT2D eigenvalue weighted by Gasteiger charge is -2.11. The van der Waals surface area contributed by atoms with Gasteiger partial charge in [0.25, 0.3) is 5.56 Å². The van der Waals surface area contributed by atoms with E-state index in [-0.39, 0.29) is 11.2 Å². The zero-order valence-electron chi connectivity index (χ0n) is 17.0. The lowest BCUT2D eigenvalue weighted by molar-refractivity contribution is 0.566. The Kier molecular flexibility index (Phi) is 4.25. The number of hydrogen-bond acceptors (Lipinski definition) is 3. The van der Waals surface area contributed by atoms with E-state index in [0.717, 1.165) is 29.8 Å². The van der Waals surface area contributed by atoms with E-state index >= 15 is 0 Å². The third kappa shape index (κ3) is 2.46. The van der Waals surface area contributed by atoms with Crippen molar-refractivity contribution < 1.29 is 0 Å². The SMILES string of the molecule is CCCCn1c(=O)c2c(nc3n(-c4cccc(C)c4C)c(C)cn23)n(C)c1=O. The Bertz CT molecular complexity index is 1330. The smallest absolute Gasteiger partial charge is 0.283 e. The van der Waals surface area contributed by atoms with Crippen LogP contribution in [0, 0.1) is 20.8 Å². The molecule has 0 aliphatic heterocycles. The number of unbranched alkanes of at least 4 members (excludes halogenated alkanes) is 1. The van der Waals surface area contributed by atoms with Crippen LogP contribution in [0.5, 0.6) is 0 Å². The van der Waals surface area contributed by atoms with Crippen molar-refractivity contribution in [1.82, 2.24) is 23.1 Å². The monoisotopic (exact) mass is 379 g/mol. The molecule has 0 unspecified atom stereocenters. The predicted molar refractivity (Wildman–Crippen MR) is 111 cm³/mol. The van der Waals surface area contributed by atoms with E-state index in [2.05, 4.69) is 19.9 Å². The van der Waals surface area contributed by atoms with Gasteiger partial charge in [0.1, 0.15) is 0 Å². The molecule has 0 amide bonds. The lowest BCUT2D eigenvalue weighted by Crippen LogP contribution is -2.39. The van der Waals surface area contributed by atoms with Crippen molar-refractivity contribution >= 4 is 16.9 Å². The highest BCUT2D eigenvalue weighted by atomic mass is 16.2. The van der Waals surface area contributed by atoms with Gasteiger partial charge in [-0.25, -0.2) is 4.79 Å². The largest absolute Gasteiger partial charge is 0.332 e. The van der Waals surface area contributed by atoms with E-state index in [0.29, 0.717) is 23.5 Å². The number of nitrogens with zero attached hydrogens (tertiary/aromatic N) is 5. The summed E-state index contributed by atoms with van der Waals surface area (Å²) >= 11 is 0. The molecular weight excluding hydrogens is 354 g/mol. The molecule has 4 aromatic rings. The highest BCUT2D eigenvalue weighted by molar-refractivity contribution is 5.76. The van der Waals surface area contributed by atoms with Gasteiger partial charge in [0, 0.05) is 25.5 Å². The van der Waals surface area contributed by atoms with Gasteiger partial charge in [-0.05, 0) is 44.4 Å². The van der Waals surface area contributed by atoms with Crippen LogP contribution in [-0.4, -0.2) is 23.1 Å². The first kappa shape index (κ1) is 18.3. The fourth-order valence-corrected chi connectivity index (χ4v) is 3.80. The molecule has 7 nitrogen and oxygen atoms in total. The van der Waals surface area contributed by atoms with Crippen molar-refractivity contribution in [3.05, 3.63) is 62.1 Å². The zero-order valence-corrected chi connectivity index (χ0v) is 17.0. The van der Waals surface area contributed by atoms with Crippen LogP contribution in [0.15, 0.2) is 34.0 Å². The van der Waals surface area contributed by atoms with Crippen LogP contribution in [0.4, 0.5) is 0 Å². The average Bonchev–Trinajstić information content (AvgIpc) is 3.17. The third-order valence-corrected chi connectivity index (χ3v) is 5.58. The maximum absolute atomic E-state index is 13.1. The van der Waals surface area contributed by atoms with E-state index in [1.165, 1.54) is 14.7 Å². The quantitative estimate of drug-likeness (QED) is 0.548. The number of hydrogen-bond donors (Lipinski definition) is 0. The Hall–Kier alpha value is -3.09. The molecule has 28 heavy (non-hydrogen) atoms. The first-order valence-electron chi connectivity index (χ1n) is 9.63. The topological polar surface area (TPSA) is 66.2 Å². The van der Waals surface area contributed by atoms with Crippen molar-refractivity contribution in [3.63, 3.8) is 0 Å². The zero-order chi connectivity index (χ0) is 20.2. The Balaban J connectivity index is 2.11. The second-order valence-corrected chi connectivity index (χ2v) is 7.43. The van der Waals surface area contributed by atoms with Gasteiger partial charge in [-0.3, -0.25) is 22.9 Å². The molecular formula is C21H25N5O2. The van der Waals surface area contributed by atoms with Gasteiger partial charge < -0.3 is 0 Å². The van der Waals surface area contributed by atoms with Gasteiger partial charge in [-0.15, -0.1) is 0 Å². The fraction of sp³-hybridized carbons (Fsp3) is 0.381. The third-order valence-electron chi connectivity index (χ3n) is 5.58. The molecule has 0 bridgehead atoms. The summed E-state index contributed by atoms with van der Waals surface area (Å²) in [7, 11) is 1.67. The van der Waals surface area contributed by atoms with Crippen LogP contribution in [0.1, 0.15) is 36.6 Å². The van der Waals surface area contributed by atoms with Gasteiger partial charge in [0.05, 0.1) is 5.69 Å². The number of fused-ring (bicyclic) bond motifs is 3. The standard InChI is InChI=1S/C21H25N5O2/c1-6-7-11-24-19(27)17-18(23(5)21(24)28)22-20-25(17)12-14(3)26(20)16-10-8-9-13(2)15(16)4/h8-10,12H,6-7,11H2,1-5H3. The molecule has 0 spiro atoms. The van der Waals surface area contributed by atoms with Gasteiger partial charge in [-0.2, -0.15) is 4.98 Å². The van der Waals surface area contributed by atoms with Crippen molar-refractivity contribution in [2.75, 3.05) is 0 Å². The van der Waals surface area contributed by atoms with E-state index in [1.54, 1.807) is 7.05 Å². The molecule has 4 rings (SSSR count). The van der Waals surface area contributed by atoms with Crippen LogP contribution < -0.4 is 11.2 Å². The summed E-state index contributed by atoms with van der Waals surface area (Å²) in [6.45, 7) is 8.62. The minimum atomic E-state index is -0.318. The summed E-state index contributed by atoms with van der Waals surface area (Å²) in [5.74, 6) is 0.640. The minimum Gasteiger partial charge on any atom is -0.283 e. The summed E-state index contributed by atoms with van der Waals surface area (Å²) in [4.78, 5) is 30.5. The molecule has 0 saturated heterocycles. The Morgan fingerprint density at radius 3 is 2.57 bits per heavy atom. The summed E-state index contributed by atoms with van der Waals surface area (Å²) in [5.41, 5.74) is 4.61. The normalized spacial score (nSPS) is 11.8. The van der Waals surface area contributed by atoms with Gasteiger partial charge in [0.15, 0.2) is 11.2 Å². The number of aryl methyl sites for hydroxylation is 3. The highest BCUT2D eigenvalue weighted by Crippen LogP contribution is 2.24. The predicted octanol–water partition coefficient (Wildman–Crippen LogP) is 2.86. The molecule has 0 radical (unpaired) electrons. The summed E-state index contributed by atoms with van der Waals surface area (Å²) in [6.07, 6.45) is 3.62. The second-order valence-electron chi connectivity index (χ2n) is 7.43. The molecule has 0 aliphatic rings. The molecule has 146 valence electrons. The van der Waals surface area contributed by atoms with Gasteiger partial charge >= 0.3 is 5.69 Å². The van der Waals surface area contributed by atoms with E-state index in [9.17, 15) is 9.59 Å². The summed E-state index contributed by atoms with van der Waals surface area (Å²) < 4.78 is 6.66. The number of rotatable bonds is 4. The van der Waals surface area contributed by atoms with E-state index < -0.39 is 0 Å². The molecule has 0 atom stereocenters. The molecule has 7 heteroatoms. The van der Waals surface area contributed by atoms with Crippen molar-refractivity contribution in [2.24, 2.45) is 7.05 Å². The second kappa shape index (κ2) is 6.51. The van der Waals surface area contributed by atoms with E-state index in [1.807, 2.05) is 41.1 Å². The first-order chi connectivity index (χ1) is 13.4. The Morgan fingerprint density at radius 1 is 1.11 bits per heavy atom. The van der Waals surface area contributed by atoms with Crippen molar-refractivity contribution in [1.29, 1.82) is 0 Å². The van der Waals surface area contributed by atoms with Crippen molar-refractivity contribution in [3.8, 4) is 5.69 Å². The average molecular weight is 379 g/mol. The number of imidazole rings is 2. The Labute approximate surface area is 162 Å². The maximum atomic E-state index is 13.1. The molecule has 0 fully saturated rings. The minimum absolute atomic E-state index is 0.280. The number of aromatic nitrogens is 5. The van der Waals surface area contributed by atoms with Crippen LogP contribution in [0.2, 0.25) is 0 Å². The molecule has 0 saturated carbocycles. The Morgan fingerprint density at radius 2 is 1.86 bits per heavy atom. The summed E-state index contributed by atoms with van der Waals surface area (Å²) in [6, 6.07) is 6.14. The molecule has 3 heterocycles. The molecule has 1 aromatic carbocycles. The van der Waals surface area contributed by atoms with Crippen LogP contribution >= 0.6 is 0 Å². The van der Waals surface area contributed by atoms with E-state index in [4.69, 9.17) is 4.98 Å². The number of benzene rings is 1. The van der Waals surface area contributed by atoms with Gasteiger partial charge in [-0.1, -0.05) is 25.5 Å². The first-order valence-corrected chi connectivity index (χ1v) is 9.63. The van der Waals surface area contributed by atoms with Gasteiger partial charge in [0.2, 0.25) is 5.78 Å². The molecule has 3 aromatic heterocycles. The van der Waals surface area contributed by atoms with Crippen LogP contribution in [0.3, 0.4) is 0 Å². The lowest BCUT2D eigenvalue weighted by atomic mass is 10.1. The fourth-order valence-electron chi connectivity index (χ4n) is 3.80. The maximum Gasteiger partial charge on any atom is 0.332 e. The molecule has 0 N–H and O–H groups in total. The van der Waals surface area contributed by atoms with Crippen molar-refractivity contribution in [2.45, 2.75) is 47.1 Å². The highest BCUT2D eigenvalue weighted by Gasteiger charge is 2.21.